The molecule has 0 aromatic heterocycles. The van der Waals surface area contributed by atoms with E-state index in [1.54, 1.807) is 0 Å². The maximum absolute atomic E-state index is 6.36. The average molecular weight is 267 g/mol. The Hall–Kier alpha value is -1.80. The summed E-state index contributed by atoms with van der Waals surface area (Å²) in [6.07, 6.45) is 3.07. The van der Waals surface area contributed by atoms with Gasteiger partial charge in [0.2, 0.25) is 0 Å². The molecule has 1 atom stereocenters. The first kappa shape index (κ1) is 13.2. The van der Waals surface area contributed by atoms with Gasteiger partial charge < -0.3 is 10.5 Å². The molecule has 20 heavy (non-hydrogen) atoms. The highest BCUT2D eigenvalue weighted by Gasteiger charge is 2.13. The van der Waals surface area contributed by atoms with Crippen molar-refractivity contribution < 1.29 is 4.74 Å². The highest BCUT2D eigenvalue weighted by atomic mass is 16.5. The molecule has 3 rings (SSSR count). The second-order valence-corrected chi connectivity index (χ2v) is 5.62. The molecule has 0 aliphatic carbocycles. The summed E-state index contributed by atoms with van der Waals surface area (Å²) >= 11 is 0. The van der Waals surface area contributed by atoms with Crippen molar-refractivity contribution in [3.8, 4) is 5.75 Å². The maximum atomic E-state index is 6.36. The number of hydrogen-bond acceptors (Lipinski definition) is 2. The molecule has 0 saturated carbocycles. The summed E-state index contributed by atoms with van der Waals surface area (Å²) in [5.74, 6) is 1.03. The molecular weight excluding hydrogens is 246 g/mol. The number of rotatable bonds is 3. The van der Waals surface area contributed by atoms with Crippen LogP contribution in [0.15, 0.2) is 42.5 Å². The van der Waals surface area contributed by atoms with Gasteiger partial charge in [0.1, 0.15) is 5.75 Å². The fraction of sp³-hybridized carbons (Fsp3) is 0.333. The largest absolute Gasteiger partial charge is 0.493 e. The van der Waals surface area contributed by atoms with Crippen LogP contribution in [0.5, 0.6) is 5.75 Å². The summed E-state index contributed by atoms with van der Waals surface area (Å²) < 4.78 is 5.65. The number of hydrogen-bond donors (Lipinski definition) is 1. The number of aryl methyl sites for hydroxylation is 2. The van der Waals surface area contributed by atoms with Crippen molar-refractivity contribution >= 4 is 0 Å². The van der Waals surface area contributed by atoms with Crippen LogP contribution >= 0.6 is 0 Å². The molecule has 0 saturated heterocycles. The van der Waals surface area contributed by atoms with E-state index in [1.807, 2.05) is 0 Å². The quantitative estimate of drug-likeness (QED) is 0.922. The van der Waals surface area contributed by atoms with Crippen LogP contribution in [0.25, 0.3) is 0 Å². The predicted octanol–water partition coefficient (Wildman–Crippen LogP) is 3.56. The number of nitrogens with two attached hydrogens (primary N) is 1. The Morgan fingerprint density at radius 3 is 2.75 bits per heavy atom. The first-order chi connectivity index (χ1) is 9.72. The van der Waals surface area contributed by atoms with Gasteiger partial charge in [-0.25, -0.2) is 0 Å². The Bertz CT molecular complexity index is 589. The van der Waals surface area contributed by atoms with Gasteiger partial charge in [0.05, 0.1) is 6.61 Å². The molecule has 0 fully saturated rings. The molecule has 2 aromatic carbocycles. The highest BCUT2D eigenvalue weighted by molar-refractivity contribution is 5.40. The lowest BCUT2D eigenvalue weighted by Crippen LogP contribution is -2.15. The molecule has 0 radical (unpaired) electrons. The Balaban J connectivity index is 1.76. The van der Waals surface area contributed by atoms with E-state index >= 15 is 0 Å². The molecule has 2 nitrogen and oxygen atoms in total. The lowest BCUT2D eigenvalue weighted by atomic mass is 9.95. The van der Waals surface area contributed by atoms with E-state index in [4.69, 9.17) is 10.5 Å². The molecule has 1 aliphatic rings. The zero-order valence-corrected chi connectivity index (χ0v) is 11.9. The third-order valence-corrected chi connectivity index (χ3v) is 3.94. The first-order valence-corrected chi connectivity index (χ1v) is 7.29. The van der Waals surface area contributed by atoms with Crippen LogP contribution in [-0.2, 0) is 12.8 Å². The van der Waals surface area contributed by atoms with E-state index in [2.05, 4.69) is 49.4 Å². The van der Waals surface area contributed by atoms with Gasteiger partial charge in [-0.05, 0) is 48.9 Å². The van der Waals surface area contributed by atoms with Crippen LogP contribution in [0.3, 0.4) is 0 Å². The van der Waals surface area contributed by atoms with E-state index in [1.165, 1.54) is 22.3 Å². The minimum Gasteiger partial charge on any atom is -0.493 e. The Morgan fingerprint density at radius 2 is 1.95 bits per heavy atom. The minimum absolute atomic E-state index is 0.0462. The van der Waals surface area contributed by atoms with E-state index in [0.29, 0.717) is 0 Å². The Morgan fingerprint density at radius 1 is 1.15 bits per heavy atom. The van der Waals surface area contributed by atoms with E-state index < -0.39 is 0 Å². The Kier molecular flexibility index (Phi) is 3.75. The van der Waals surface area contributed by atoms with Crippen molar-refractivity contribution in [2.75, 3.05) is 6.61 Å². The molecule has 0 bridgehead atoms. The molecule has 1 aliphatic heterocycles. The molecule has 1 heterocycles. The monoisotopic (exact) mass is 267 g/mol. The number of benzene rings is 2. The van der Waals surface area contributed by atoms with Gasteiger partial charge in [0.25, 0.3) is 0 Å². The summed E-state index contributed by atoms with van der Waals surface area (Å²) in [5, 5.41) is 0. The fourth-order valence-corrected chi connectivity index (χ4v) is 2.71. The van der Waals surface area contributed by atoms with Crippen LogP contribution in [0, 0.1) is 6.92 Å². The van der Waals surface area contributed by atoms with Crippen molar-refractivity contribution in [2.45, 2.75) is 32.2 Å². The van der Waals surface area contributed by atoms with Gasteiger partial charge in [-0.2, -0.15) is 0 Å². The van der Waals surface area contributed by atoms with Crippen LogP contribution in [0.4, 0.5) is 0 Å². The zero-order chi connectivity index (χ0) is 13.9. The molecule has 2 N–H and O–H groups in total. The standard InChI is InChI=1S/C18H21NO/c1-13-4-6-14(7-5-13)11-17(19)15-8-9-18-16(12-15)3-2-10-20-18/h4-9,12,17H,2-3,10-11,19H2,1H3. The predicted molar refractivity (Wildman–Crippen MR) is 82.1 cm³/mol. The van der Waals surface area contributed by atoms with Crippen molar-refractivity contribution in [1.29, 1.82) is 0 Å². The summed E-state index contributed by atoms with van der Waals surface area (Å²) in [4.78, 5) is 0. The number of ether oxygens (including phenoxy) is 1. The van der Waals surface area contributed by atoms with Crippen LogP contribution in [0.2, 0.25) is 0 Å². The smallest absolute Gasteiger partial charge is 0.122 e. The normalized spacial score (nSPS) is 15.3. The lowest BCUT2D eigenvalue weighted by molar-refractivity contribution is 0.288. The fourth-order valence-electron chi connectivity index (χ4n) is 2.71. The molecule has 2 aromatic rings. The summed E-state index contributed by atoms with van der Waals surface area (Å²) in [6.45, 7) is 2.94. The van der Waals surface area contributed by atoms with E-state index in [9.17, 15) is 0 Å². The van der Waals surface area contributed by atoms with E-state index in [-0.39, 0.29) is 6.04 Å². The number of fused-ring (bicyclic) bond motifs is 1. The lowest BCUT2D eigenvalue weighted by Gasteiger charge is -2.20. The highest BCUT2D eigenvalue weighted by Crippen LogP contribution is 2.28. The van der Waals surface area contributed by atoms with Crippen molar-refractivity contribution in [1.82, 2.24) is 0 Å². The van der Waals surface area contributed by atoms with Gasteiger partial charge in [-0.1, -0.05) is 42.0 Å². The molecular formula is C18H21NO. The third-order valence-electron chi connectivity index (χ3n) is 3.94. The molecule has 2 heteroatoms. The van der Waals surface area contributed by atoms with Crippen LogP contribution in [0.1, 0.15) is 34.7 Å². The Labute approximate surface area is 120 Å². The van der Waals surface area contributed by atoms with Gasteiger partial charge in [0, 0.05) is 6.04 Å². The summed E-state index contributed by atoms with van der Waals surface area (Å²) in [7, 11) is 0. The molecule has 0 spiro atoms. The first-order valence-electron chi connectivity index (χ1n) is 7.29. The van der Waals surface area contributed by atoms with Gasteiger partial charge in [0.15, 0.2) is 0 Å². The maximum Gasteiger partial charge on any atom is 0.122 e. The molecule has 0 amide bonds. The second-order valence-electron chi connectivity index (χ2n) is 5.62. The van der Waals surface area contributed by atoms with Crippen molar-refractivity contribution in [3.63, 3.8) is 0 Å². The summed E-state index contributed by atoms with van der Waals surface area (Å²) in [5.41, 5.74) is 11.4. The second kappa shape index (κ2) is 5.68. The molecule has 1 unspecified atom stereocenters. The van der Waals surface area contributed by atoms with Crippen molar-refractivity contribution in [3.05, 3.63) is 64.7 Å². The van der Waals surface area contributed by atoms with Gasteiger partial charge in [-0.3, -0.25) is 0 Å². The van der Waals surface area contributed by atoms with Gasteiger partial charge >= 0.3 is 0 Å². The minimum atomic E-state index is 0.0462. The van der Waals surface area contributed by atoms with Crippen LogP contribution in [-0.4, -0.2) is 6.61 Å². The summed E-state index contributed by atoms with van der Waals surface area (Å²) in [6, 6.07) is 15.0. The van der Waals surface area contributed by atoms with E-state index in [0.717, 1.165) is 31.6 Å². The topological polar surface area (TPSA) is 35.2 Å². The van der Waals surface area contributed by atoms with Gasteiger partial charge in [-0.15, -0.1) is 0 Å². The van der Waals surface area contributed by atoms with Crippen LogP contribution < -0.4 is 10.5 Å². The van der Waals surface area contributed by atoms with Crippen molar-refractivity contribution in [2.24, 2.45) is 5.73 Å². The molecule has 104 valence electrons. The third kappa shape index (κ3) is 2.86. The SMILES string of the molecule is Cc1ccc(CC(N)c2ccc3c(c2)CCCO3)cc1. The average Bonchev–Trinajstić information content (AvgIpc) is 2.49. The zero-order valence-electron chi connectivity index (χ0n) is 11.9.